The van der Waals surface area contributed by atoms with Crippen LogP contribution >= 0.6 is 0 Å². The number of carbonyl (C=O) groups excluding carboxylic acids is 1. The van der Waals surface area contributed by atoms with Crippen molar-refractivity contribution in [2.75, 3.05) is 6.61 Å². The SMILES string of the molecule is CCCCCCCCCCCCOC(=O)/C(C#N)=C\C=C\c1ccccc1. The van der Waals surface area contributed by atoms with Crippen LogP contribution in [0, 0.1) is 11.3 Å². The van der Waals surface area contributed by atoms with Gasteiger partial charge in [0.05, 0.1) is 6.61 Å². The summed E-state index contributed by atoms with van der Waals surface area (Å²) in [6, 6.07) is 11.7. The second kappa shape index (κ2) is 15.9. The van der Waals surface area contributed by atoms with E-state index in [1.165, 1.54) is 57.4 Å². The summed E-state index contributed by atoms with van der Waals surface area (Å²) in [4.78, 5) is 11.9. The summed E-state index contributed by atoms with van der Waals surface area (Å²) >= 11 is 0. The first-order valence-corrected chi connectivity index (χ1v) is 10.3. The first kappa shape index (κ1) is 22.7. The number of ether oxygens (including phenoxy) is 1. The van der Waals surface area contributed by atoms with Crippen molar-refractivity contribution in [3.05, 3.63) is 53.6 Å². The number of hydrogen-bond acceptors (Lipinski definition) is 3. The standard InChI is InChI=1S/C24H33NO2/c1-2-3-4-5-6-7-8-9-10-14-20-27-24(26)23(21-25)19-15-18-22-16-12-11-13-17-22/h11-13,15-19H,2-10,14,20H2,1H3/b18-15+,23-19-. The highest BCUT2D eigenvalue weighted by atomic mass is 16.5. The number of carbonyl (C=O) groups is 1. The van der Waals surface area contributed by atoms with Crippen LogP contribution in [0.2, 0.25) is 0 Å². The van der Waals surface area contributed by atoms with Gasteiger partial charge in [-0.1, -0.05) is 107 Å². The van der Waals surface area contributed by atoms with Crippen molar-refractivity contribution in [1.29, 1.82) is 5.26 Å². The number of rotatable bonds is 14. The Balaban J connectivity index is 2.13. The van der Waals surface area contributed by atoms with E-state index >= 15 is 0 Å². The van der Waals surface area contributed by atoms with E-state index in [2.05, 4.69) is 6.92 Å². The van der Waals surface area contributed by atoms with E-state index in [0.29, 0.717) is 6.61 Å². The van der Waals surface area contributed by atoms with Crippen LogP contribution in [0.3, 0.4) is 0 Å². The molecule has 0 fully saturated rings. The normalized spacial score (nSPS) is 11.5. The maximum absolute atomic E-state index is 11.9. The molecular formula is C24H33NO2. The summed E-state index contributed by atoms with van der Waals surface area (Å²) in [5.74, 6) is -0.536. The van der Waals surface area contributed by atoms with Gasteiger partial charge in [-0.05, 0) is 18.1 Å². The highest BCUT2D eigenvalue weighted by molar-refractivity contribution is 5.93. The lowest BCUT2D eigenvalue weighted by Gasteiger charge is -2.04. The van der Waals surface area contributed by atoms with Gasteiger partial charge in [0.2, 0.25) is 0 Å². The van der Waals surface area contributed by atoms with Crippen LogP contribution in [0.25, 0.3) is 6.08 Å². The minimum Gasteiger partial charge on any atom is -0.462 e. The lowest BCUT2D eigenvalue weighted by Crippen LogP contribution is -2.07. The number of nitrogens with zero attached hydrogens (tertiary/aromatic N) is 1. The summed E-state index contributed by atoms with van der Waals surface area (Å²) in [7, 11) is 0. The third-order valence-electron chi connectivity index (χ3n) is 4.42. The molecule has 0 aromatic heterocycles. The Bertz CT molecular complexity index is 611. The molecule has 0 aliphatic heterocycles. The molecule has 0 N–H and O–H groups in total. The monoisotopic (exact) mass is 367 g/mol. The Morgan fingerprint density at radius 1 is 0.963 bits per heavy atom. The van der Waals surface area contributed by atoms with Crippen LogP contribution in [-0.4, -0.2) is 12.6 Å². The van der Waals surface area contributed by atoms with E-state index in [0.717, 1.165) is 18.4 Å². The summed E-state index contributed by atoms with van der Waals surface area (Å²) in [5, 5.41) is 9.12. The second-order valence-electron chi connectivity index (χ2n) is 6.78. The number of allylic oxidation sites excluding steroid dienone is 2. The average Bonchev–Trinajstić information content (AvgIpc) is 2.70. The molecular weight excluding hydrogens is 334 g/mol. The van der Waals surface area contributed by atoms with Crippen molar-refractivity contribution in [2.45, 2.75) is 71.1 Å². The van der Waals surface area contributed by atoms with Crippen LogP contribution in [0.4, 0.5) is 0 Å². The molecule has 0 saturated carbocycles. The third kappa shape index (κ3) is 11.8. The van der Waals surface area contributed by atoms with Gasteiger partial charge in [-0.2, -0.15) is 5.26 Å². The number of hydrogen-bond donors (Lipinski definition) is 0. The van der Waals surface area contributed by atoms with Gasteiger partial charge in [0.25, 0.3) is 0 Å². The summed E-state index contributed by atoms with van der Waals surface area (Å²) in [5.41, 5.74) is 1.05. The lowest BCUT2D eigenvalue weighted by molar-refractivity contribution is -0.138. The van der Waals surface area contributed by atoms with Crippen LogP contribution in [0.5, 0.6) is 0 Å². The van der Waals surface area contributed by atoms with Crippen molar-refractivity contribution in [3.63, 3.8) is 0 Å². The first-order chi connectivity index (χ1) is 13.3. The molecule has 146 valence electrons. The molecule has 0 saturated heterocycles. The minimum atomic E-state index is -0.536. The molecule has 1 aromatic rings. The van der Waals surface area contributed by atoms with Gasteiger partial charge in [-0.15, -0.1) is 0 Å². The van der Waals surface area contributed by atoms with Crippen LogP contribution in [0.15, 0.2) is 48.1 Å². The fraction of sp³-hybridized carbons (Fsp3) is 0.500. The molecule has 1 rings (SSSR count). The quantitative estimate of drug-likeness (QED) is 0.122. The van der Waals surface area contributed by atoms with Gasteiger partial charge in [-0.3, -0.25) is 0 Å². The van der Waals surface area contributed by atoms with Crippen molar-refractivity contribution < 1.29 is 9.53 Å². The Morgan fingerprint density at radius 3 is 2.15 bits per heavy atom. The third-order valence-corrected chi connectivity index (χ3v) is 4.42. The predicted molar refractivity (Wildman–Crippen MR) is 112 cm³/mol. The van der Waals surface area contributed by atoms with Gasteiger partial charge < -0.3 is 4.74 Å². The summed E-state index contributed by atoms with van der Waals surface area (Å²) in [6.07, 6.45) is 17.4. The average molecular weight is 368 g/mol. The highest BCUT2D eigenvalue weighted by Crippen LogP contribution is 2.11. The summed E-state index contributed by atoms with van der Waals surface area (Å²) in [6.45, 7) is 2.63. The Kier molecular flexibility index (Phi) is 13.4. The maximum Gasteiger partial charge on any atom is 0.348 e. The second-order valence-corrected chi connectivity index (χ2v) is 6.78. The van der Waals surface area contributed by atoms with E-state index in [1.807, 2.05) is 42.5 Å². The number of nitriles is 1. The molecule has 0 spiro atoms. The van der Waals surface area contributed by atoms with Gasteiger partial charge in [0.15, 0.2) is 0 Å². The largest absolute Gasteiger partial charge is 0.462 e. The van der Waals surface area contributed by atoms with Crippen molar-refractivity contribution >= 4 is 12.0 Å². The van der Waals surface area contributed by atoms with Gasteiger partial charge in [-0.25, -0.2) is 4.79 Å². The van der Waals surface area contributed by atoms with E-state index in [-0.39, 0.29) is 5.57 Å². The Hall–Kier alpha value is -2.34. The molecule has 0 amide bonds. The Labute approximate surface area is 164 Å². The fourth-order valence-electron chi connectivity index (χ4n) is 2.80. The molecule has 0 bridgehead atoms. The van der Waals surface area contributed by atoms with E-state index in [4.69, 9.17) is 10.00 Å². The van der Waals surface area contributed by atoms with Crippen LogP contribution in [0.1, 0.15) is 76.7 Å². The van der Waals surface area contributed by atoms with Gasteiger partial charge in [0.1, 0.15) is 11.6 Å². The van der Waals surface area contributed by atoms with Crippen molar-refractivity contribution in [2.24, 2.45) is 0 Å². The van der Waals surface area contributed by atoms with Crippen LogP contribution in [-0.2, 0) is 9.53 Å². The molecule has 27 heavy (non-hydrogen) atoms. The Morgan fingerprint density at radius 2 is 1.56 bits per heavy atom. The first-order valence-electron chi connectivity index (χ1n) is 10.3. The van der Waals surface area contributed by atoms with Gasteiger partial charge in [0, 0.05) is 0 Å². The number of esters is 1. The topological polar surface area (TPSA) is 50.1 Å². The smallest absolute Gasteiger partial charge is 0.348 e. The van der Waals surface area contributed by atoms with E-state index in [1.54, 1.807) is 6.08 Å². The molecule has 3 heteroatoms. The molecule has 0 atom stereocenters. The maximum atomic E-state index is 11.9. The summed E-state index contributed by atoms with van der Waals surface area (Å²) < 4.78 is 5.21. The van der Waals surface area contributed by atoms with E-state index in [9.17, 15) is 4.79 Å². The molecule has 1 aromatic carbocycles. The minimum absolute atomic E-state index is 0.0364. The number of unbranched alkanes of at least 4 members (excludes halogenated alkanes) is 9. The highest BCUT2D eigenvalue weighted by Gasteiger charge is 2.08. The zero-order chi connectivity index (χ0) is 19.6. The van der Waals surface area contributed by atoms with Crippen LogP contribution < -0.4 is 0 Å². The molecule has 3 nitrogen and oxygen atoms in total. The fourth-order valence-corrected chi connectivity index (χ4v) is 2.80. The molecule has 0 aliphatic rings. The molecule has 0 heterocycles. The van der Waals surface area contributed by atoms with Crippen molar-refractivity contribution in [1.82, 2.24) is 0 Å². The molecule has 0 aliphatic carbocycles. The van der Waals surface area contributed by atoms with Crippen molar-refractivity contribution in [3.8, 4) is 6.07 Å². The molecule has 0 radical (unpaired) electrons. The lowest BCUT2D eigenvalue weighted by atomic mass is 10.1. The zero-order valence-corrected chi connectivity index (χ0v) is 16.7. The number of benzene rings is 1. The molecule has 0 unspecified atom stereocenters. The predicted octanol–water partition coefficient (Wildman–Crippen LogP) is 6.61. The zero-order valence-electron chi connectivity index (χ0n) is 16.7. The van der Waals surface area contributed by atoms with Gasteiger partial charge >= 0.3 is 5.97 Å². The van der Waals surface area contributed by atoms with E-state index < -0.39 is 5.97 Å².